The third-order valence-corrected chi connectivity index (χ3v) is 4.47. The number of carbonyl (C=O) groups excluding carboxylic acids is 1. The van der Waals surface area contributed by atoms with Crippen molar-refractivity contribution in [3.63, 3.8) is 0 Å². The molecule has 3 N–H and O–H groups in total. The average Bonchev–Trinajstić information content (AvgIpc) is 2.67. The van der Waals surface area contributed by atoms with Gasteiger partial charge in [-0.2, -0.15) is 0 Å². The molecule has 1 amide bonds. The van der Waals surface area contributed by atoms with Gasteiger partial charge in [-0.25, -0.2) is 4.99 Å². The number of aliphatic imine (C=N–C) groups is 1. The third-order valence-electron chi connectivity index (χ3n) is 4.47. The van der Waals surface area contributed by atoms with Crippen molar-refractivity contribution in [1.82, 2.24) is 10.2 Å². The number of guanidine groups is 1. The summed E-state index contributed by atoms with van der Waals surface area (Å²) < 4.78 is 0. The van der Waals surface area contributed by atoms with Gasteiger partial charge in [-0.05, 0) is 18.6 Å². The van der Waals surface area contributed by atoms with Crippen LogP contribution in [0.1, 0.15) is 32.6 Å². The molecule has 25 heavy (non-hydrogen) atoms. The normalized spacial score (nSPS) is 15.3. The van der Waals surface area contributed by atoms with Crippen LogP contribution >= 0.6 is 0 Å². The van der Waals surface area contributed by atoms with E-state index < -0.39 is 0 Å². The molecule has 1 aliphatic rings. The second-order valence-corrected chi connectivity index (χ2v) is 6.39. The van der Waals surface area contributed by atoms with Gasteiger partial charge in [0, 0.05) is 38.4 Å². The summed E-state index contributed by atoms with van der Waals surface area (Å²) in [4.78, 5) is 20.6. The molecule has 0 spiro atoms. The maximum Gasteiger partial charge on any atom is 0.244 e. The highest BCUT2D eigenvalue weighted by Crippen LogP contribution is 2.15. The lowest BCUT2D eigenvalue weighted by Crippen LogP contribution is -2.49. The zero-order valence-electron chi connectivity index (χ0n) is 15.3. The summed E-state index contributed by atoms with van der Waals surface area (Å²) in [5, 5.41) is 3.08. The van der Waals surface area contributed by atoms with Gasteiger partial charge in [0.2, 0.25) is 5.91 Å². The Kier molecular flexibility index (Phi) is 8.09. The molecule has 0 unspecified atom stereocenters. The zero-order chi connectivity index (χ0) is 17.9. The van der Waals surface area contributed by atoms with E-state index in [2.05, 4.69) is 34.3 Å². The van der Waals surface area contributed by atoms with Crippen molar-refractivity contribution < 1.29 is 4.79 Å². The Labute approximate surface area is 151 Å². The molecule has 138 valence electrons. The van der Waals surface area contributed by atoms with E-state index in [0.29, 0.717) is 5.96 Å². The maximum absolute atomic E-state index is 12.3. The first kappa shape index (κ1) is 19.1. The monoisotopic (exact) mass is 345 g/mol. The van der Waals surface area contributed by atoms with E-state index in [1.165, 1.54) is 24.9 Å². The van der Waals surface area contributed by atoms with Crippen LogP contribution in [0.4, 0.5) is 5.69 Å². The molecule has 0 saturated carbocycles. The number of piperazine rings is 1. The van der Waals surface area contributed by atoms with Gasteiger partial charge in [0.05, 0.1) is 0 Å². The van der Waals surface area contributed by atoms with Gasteiger partial charge >= 0.3 is 0 Å². The van der Waals surface area contributed by atoms with Gasteiger partial charge in [0.1, 0.15) is 6.54 Å². The van der Waals surface area contributed by atoms with E-state index in [1.807, 2.05) is 23.1 Å². The smallest absolute Gasteiger partial charge is 0.244 e. The second-order valence-electron chi connectivity index (χ2n) is 6.39. The highest BCUT2D eigenvalue weighted by Gasteiger charge is 2.20. The Morgan fingerprint density at radius 1 is 1.12 bits per heavy atom. The minimum atomic E-state index is 0.0449. The van der Waals surface area contributed by atoms with Crippen LogP contribution in [0.15, 0.2) is 35.3 Å². The molecule has 1 aromatic rings. The van der Waals surface area contributed by atoms with Crippen LogP contribution in [0.3, 0.4) is 0 Å². The van der Waals surface area contributed by atoms with Crippen LogP contribution in [0.2, 0.25) is 0 Å². The number of carbonyl (C=O) groups is 1. The Morgan fingerprint density at radius 2 is 1.84 bits per heavy atom. The van der Waals surface area contributed by atoms with Gasteiger partial charge in [0.15, 0.2) is 5.96 Å². The van der Waals surface area contributed by atoms with Crippen molar-refractivity contribution >= 4 is 17.6 Å². The fourth-order valence-electron chi connectivity index (χ4n) is 2.93. The summed E-state index contributed by atoms with van der Waals surface area (Å²) in [6.45, 7) is 6.30. The van der Waals surface area contributed by atoms with Crippen LogP contribution < -0.4 is 16.0 Å². The molecule has 2 rings (SSSR count). The topological polar surface area (TPSA) is 74.0 Å². The van der Waals surface area contributed by atoms with Crippen molar-refractivity contribution in [2.24, 2.45) is 10.7 Å². The SMILES string of the molecule is CCCCCCNC(N)=NCC(=O)N1CCN(c2ccccc2)CC1. The molecule has 1 fully saturated rings. The van der Waals surface area contributed by atoms with Crippen molar-refractivity contribution in [1.29, 1.82) is 0 Å². The lowest BCUT2D eigenvalue weighted by atomic mass is 10.2. The number of nitrogens with one attached hydrogen (secondary N) is 1. The first-order chi connectivity index (χ1) is 12.2. The number of hydrogen-bond acceptors (Lipinski definition) is 3. The molecule has 0 aliphatic carbocycles. The predicted octanol–water partition coefficient (Wildman–Crippen LogP) is 1.82. The molecule has 1 aliphatic heterocycles. The van der Waals surface area contributed by atoms with Crippen LogP contribution in [-0.4, -0.2) is 56.0 Å². The van der Waals surface area contributed by atoms with E-state index in [0.717, 1.165) is 39.1 Å². The van der Waals surface area contributed by atoms with Crippen molar-refractivity contribution in [2.45, 2.75) is 32.6 Å². The van der Waals surface area contributed by atoms with Crippen LogP contribution in [-0.2, 0) is 4.79 Å². The molecule has 1 aromatic carbocycles. The number of unbranched alkanes of at least 4 members (excludes halogenated alkanes) is 3. The molecule has 0 atom stereocenters. The van der Waals surface area contributed by atoms with E-state index in [9.17, 15) is 4.79 Å². The minimum Gasteiger partial charge on any atom is -0.370 e. The number of hydrogen-bond donors (Lipinski definition) is 2. The van der Waals surface area contributed by atoms with Gasteiger partial charge in [-0.3, -0.25) is 4.79 Å². The Morgan fingerprint density at radius 3 is 2.52 bits per heavy atom. The summed E-state index contributed by atoms with van der Waals surface area (Å²) in [7, 11) is 0. The number of amides is 1. The van der Waals surface area contributed by atoms with Gasteiger partial charge in [-0.1, -0.05) is 44.4 Å². The molecule has 0 radical (unpaired) electrons. The standard InChI is InChI=1S/C19H31N5O/c1-2-3-4-8-11-21-19(20)22-16-18(25)24-14-12-23(13-15-24)17-9-6-5-7-10-17/h5-7,9-10H,2-4,8,11-16H2,1H3,(H3,20,21,22). The molecular weight excluding hydrogens is 314 g/mol. The fraction of sp³-hybridized carbons (Fsp3) is 0.579. The molecule has 1 heterocycles. The van der Waals surface area contributed by atoms with E-state index >= 15 is 0 Å². The zero-order valence-corrected chi connectivity index (χ0v) is 15.3. The molecule has 0 aromatic heterocycles. The summed E-state index contributed by atoms with van der Waals surface area (Å²) in [6.07, 6.45) is 4.74. The summed E-state index contributed by atoms with van der Waals surface area (Å²) in [6, 6.07) is 10.3. The first-order valence-electron chi connectivity index (χ1n) is 9.32. The number of para-hydroxylation sites is 1. The predicted molar refractivity (Wildman–Crippen MR) is 104 cm³/mol. The number of nitrogens with zero attached hydrogens (tertiary/aromatic N) is 3. The van der Waals surface area contributed by atoms with Gasteiger partial charge in [0.25, 0.3) is 0 Å². The summed E-state index contributed by atoms with van der Waals surface area (Å²) in [5.41, 5.74) is 7.04. The Bertz CT molecular complexity index is 538. The Balaban J connectivity index is 1.67. The van der Waals surface area contributed by atoms with Crippen LogP contribution in [0.25, 0.3) is 0 Å². The van der Waals surface area contributed by atoms with E-state index in [-0.39, 0.29) is 12.5 Å². The van der Waals surface area contributed by atoms with Crippen LogP contribution in [0, 0.1) is 0 Å². The van der Waals surface area contributed by atoms with Crippen molar-refractivity contribution in [3.8, 4) is 0 Å². The highest BCUT2D eigenvalue weighted by atomic mass is 16.2. The second kappa shape index (κ2) is 10.6. The quantitative estimate of drug-likeness (QED) is 0.428. The number of anilines is 1. The van der Waals surface area contributed by atoms with Gasteiger partial charge in [-0.15, -0.1) is 0 Å². The van der Waals surface area contributed by atoms with Crippen molar-refractivity contribution in [3.05, 3.63) is 30.3 Å². The average molecular weight is 345 g/mol. The van der Waals surface area contributed by atoms with Crippen molar-refractivity contribution in [2.75, 3.05) is 44.2 Å². The molecule has 1 saturated heterocycles. The lowest BCUT2D eigenvalue weighted by molar-refractivity contribution is -0.129. The summed E-state index contributed by atoms with van der Waals surface area (Å²) in [5.74, 6) is 0.413. The summed E-state index contributed by atoms with van der Waals surface area (Å²) >= 11 is 0. The van der Waals surface area contributed by atoms with E-state index in [4.69, 9.17) is 5.73 Å². The fourth-order valence-corrected chi connectivity index (χ4v) is 2.93. The number of benzene rings is 1. The minimum absolute atomic E-state index is 0.0449. The maximum atomic E-state index is 12.3. The molecule has 6 nitrogen and oxygen atoms in total. The molecular formula is C19H31N5O. The van der Waals surface area contributed by atoms with E-state index in [1.54, 1.807) is 0 Å². The molecule has 0 bridgehead atoms. The largest absolute Gasteiger partial charge is 0.370 e. The van der Waals surface area contributed by atoms with Crippen LogP contribution in [0.5, 0.6) is 0 Å². The highest BCUT2D eigenvalue weighted by molar-refractivity contribution is 5.84. The number of nitrogens with two attached hydrogens (primary N) is 1. The molecule has 6 heteroatoms. The third kappa shape index (κ3) is 6.64. The Hall–Kier alpha value is -2.24. The number of rotatable bonds is 8. The van der Waals surface area contributed by atoms with Gasteiger partial charge < -0.3 is 20.9 Å². The first-order valence-corrected chi connectivity index (χ1v) is 9.32. The lowest BCUT2D eigenvalue weighted by Gasteiger charge is -2.35.